The monoisotopic (exact) mass is 488 g/mol. The minimum absolute atomic E-state index is 0.257. The predicted octanol–water partition coefficient (Wildman–Crippen LogP) is 5.83. The average molecular weight is 489 g/mol. The van der Waals surface area contributed by atoms with Crippen LogP contribution in [-0.4, -0.2) is 30.4 Å². The highest BCUT2D eigenvalue weighted by Crippen LogP contribution is 2.41. The van der Waals surface area contributed by atoms with E-state index in [9.17, 15) is 4.79 Å². The quantitative estimate of drug-likeness (QED) is 0.368. The number of benzene rings is 2. The summed E-state index contributed by atoms with van der Waals surface area (Å²) in [6, 6.07) is 16.4. The largest absolute Gasteiger partial charge is 0.493 e. The molecule has 0 aliphatic carbocycles. The first kappa shape index (κ1) is 22.7. The lowest BCUT2D eigenvalue weighted by Crippen LogP contribution is -2.46. The van der Waals surface area contributed by atoms with E-state index in [2.05, 4.69) is 15.5 Å². The fourth-order valence-electron chi connectivity index (χ4n) is 4.15. The fraction of sp³-hybridized carbons (Fsp3) is 0.192. The number of aryl methyl sites for hydroxylation is 1. The molecule has 0 spiro atoms. The molecule has 0 saturated carbocycles. The number of ether oxygens (including phenoxy) is 2. The Morgan fingerprint density at radius 3 is 2.49 bits per heavy atom. The van der Waals surface area contributed by atoms with Crippen molar-refractivity contribution < 1.29 is 18.8 Å². The van der Waals surface area contributed by atoms with E-state index >= 15 is 0 Å². The highest BCUT2D eigenvalue weighted by molar-refractivity contribution is 7.13. The number of rotatable bonds is 6. The fourth-order valence-corrected chi connectivity index (χ4v) is 4.80. The van der Waals surface area contributed by atoms with Gasteiger partial charge in [-0.05, 0) is 55.1 Å². The van der Waals surface area contributed by atoms with E-state index in [0.717, 1.165) is 21.7 Å². The number of amides is 2. The van der Waals surface area contributed by atoms with Crippen molar-refractivity contribution >= 4 is 28.6 Å². The number of allylic oxidation sites excluding steroid dienone is 1. The van der Waals surface area contributed by atoms with Gasteiger partial charge in [-0.3, -0.25) is 4.90 Å². The van der Waals surface area contributed by atoms with Crippen molar-refractivity contribution in [2.24, 2.45) is 0 Å². The third kappa shape index (κ3) is 4.15. The van der Waals surface area contributed by atoms with E-state index in [0.29, 0.717) is 34.5 Å². The van der Waals surface area contributed by atoms with Crippen molar-refractivity contribution in [3.63, 3.8) is 0 Å². The molecule has 1 unspecified atom stereocenters. The van der Waals surface area contributed by atoms with Crippen molar-refractivity contribution in [1.29, 1.82) is 0 Å². The van der Waals surface area contributed by atoms with Crippen LogP contribution in [-0.2, 0) is 0 Å². The first-order valence-electron chi connectivity index (χ1n) is 11.0. The van der Waals surface area contributed by atoms with Crippen LogP contribution in [0, 0.1) is 6.92 Å². The minimum atomic E-state index is -0.541. The van der Waals surface area contributed by atoms with Gasteiger partial charge in [-0.25, -0.2) is 4.79 Å². The van der Waals surface area contributed by atoms with E-state index in [1.807, 2.05) is 73.8 Å². The van der Waals surface area contributed by atoms with Crippen LogP contribution in [0.3, 0.4) is 0 Å². The van der Waals surface area contributed by atoms with Gasteiger partial charge in [0.25, 0.3) is 5.89 Å². The van der Waals surface area contributed by atoms with E-state index in [1.165, 1.54) is 11.3 Å². The lowest BCUT2D eigenvalue weighted by Gasteiger charge is -2.35. The maximum absolute atomic E-state index is 13.4. The number of urea groups is 1. The normalized spacial score (nSPS) is 15.8. The van der Waals surface area contributed by atoms with E-state index in [1.54, 1.807) is 19.1 Å². The molecular formula is C26H24N4O4S. The van der Waals surface area contributed by atoms with Crippen LogP contribution >= 0.6 is 11.3 Å². The minimum Gasteiger partial charge on any atom is -0.493 e. The van der Waals surface area contributed by atoms with Crippen molar-refractivity contribution in [3.8, 4) is 22.2 Å². The van der Waals surface area contributed by atoms with E-state index < -0.39 is 6.04 Å². The molecule has 5 rings (SSSR count). The van der Waals surface area contributed by atoms with Gasteiger partial charge in [0, 0.05) is 5.70 Å². The Morgan fingerprint density at radius 1 is 1.03 bits per heavy atom. The summed E-state index contributed by atoms with van der Waals surface area (Å²) >= 11 is 1.53. The third-order valence-electron chi connectivity index (χ3n) is 5.92. The molecule has 4 aromatic rings. The molecule has 8 nitrogen and oxygen atoms in total. The molecule has 35 heavy (non-hydrogen) atoms. The lowest BCUT2D eigenvalue weighted by molar-refractivity contribution is 0.244. The molecule has 1 aliphatic rings. The van der Waals surface area contributed by atoms with Gasteiger partial charge in [0.15, 0.2) is 11.5 Å². The molecule has 2 aromatic heterocycles. The Balaban J connectivity index is 1.66. The van der Waals surface area contributed by atoms with Gasteiger partial charge < -0.3 is 19.3 Å². The summed E-state index contributed by atoms with van der Waals surface area (Å²) in [6.07, 6.45) is 0. The molecule has 2 aromatic carbocycles. The Hall–Kier alpha value is -4.11. The Morgan fingerprint density at radius 2 is 1.80 bits per heavy atom. The van der Waals surface area contributed by atoms with Crippen molar-refractivity contribution in [2.75, 3.05) is 19.1 Å². The molecule has 1 atom stereocenters. The SMILES string of the molecule is COc1ccc(C2NC(=O)N(c3ccc(C)cc3)C(C)=C2c2nc(-c3cccs3)no2)cc1OC. The van der Waals surface area contributed by atoms with Gasteiger partial charge in [0.2, 0.25) is 5.82 Å². The standard InChI is InChI=1S/C26H24N4O4S/c1-15-7-10-18(11-8-15)30-16(2)22(25-28-24(29-34-25)21-6-5-13-35-21)23(27-26(30)31)17-9-12-19(32-3)20(14-17)33-4/h5-14,23H,1-4H3,(H,27,31). The highest BCUT2D eigenvalue weighted by Gasteiger charge is 2.37. The molecule has 3 heterocycles. The number of hydrogen-bond acceptors (Lipinski definition) is 7. The Kier molecular flexibility index (Phi) is 6.00. The number of anilines is 1. The Bertz CT molecular complexity index is 1390. The number of thiophene rings is 1. The molecular weight excluding hydrogens is 464 g/mol. The number of carbonyl (C=O) groups is 1. The average Bonchev–Trinajstić information content (AvgIpc) is 3.57. The van der Waals surface area contributed by atoms with Gasteiger partial charge in [-0.2, -0.15) is 4.98 Å². The molecule has 1 aliphatic heterocycles. The van der Waals surface area contributed by atoms with Gasteiger partial charge in [0.05, 0.1) is 36.4 Å². The number of nitrogens with zero attached hydrogens (tertiary/aromatic N) is 3. The summed E-state index contributed by atoms with van der Waals surface area (Å²) in [5.41, 5.74) is 4.04. The smallest absolute Gasteiger partial charge is 0.326 e. The molecule has 0 saturated heterocycles. The van der Waals surface area contributed by atoms with Gasteiger partial charge in [-0.15, -0.1) is 11.3 Å². The van der Waals surface area contributed by atoms with Crippen LogP contribution in [0.1, 0.15) is 30.0 Å². The predicted molar refractivity (Wildman–Crippen MR) is 135 cm³/mol. The van der Waals surface area contributed by atoms with Crippen LogP contribution in [0.5, 0.6) is 11.5 Å². The van der Waals surface area contributed by atoms with Crippen LogP contribution < -0.4 is 19.7 Å². The van der Waals surface area contributed by atoms with Crippen LogP contribution in [0.25, 0.3) is 16.3 Å². The second kappa shape index (κ2) is 9.27. The van der Waals surface area contributed by atoms with Gasteiger partial charge in [0.1, 0.15) is 0 Å². The molecule has 0 fully saturated rings. The second-order valence-corrected chi connectivity index (χ2v) is 9.02. The first-order chi connectivity index (χ1) is 17.0. The maximum atomic E-state index is 13.4. The van der Waals surface area contributed by atoms with Crippen LogP contribution in [0.2, 0.25) is 0 Å². The lowest BCUT2D eigenvalue weighted by atomic mass is 9.94. The zero-order chi connectivity index (χ0) is 24.5. The first-order valence-corrected chi connectivity index (χ1v) is 11.9. The third-order valence-corrected chi connectivity index (χ3v) is 6.78. The zero-order valence-electron chi connectivity index (χ0n) is 19.7. The summed E-state index contributed by atoms with van der Waals surface area (Å²) < 4.78 is 16.6. The number of carbonyl (C=O) groups excluding carboxylic acids is 1. The van der Waals surface area contributed by atoms with Gasteiger partial charge >= 0.3 is 6.03 Å². The second-order valence-electron chi connectivity index (χ2n) is 8.07. The summed E-state index contributed by atoms with van der Waals surface area (Å²) in [4.78, 5) is 20.6. The maximum Gasteiger partial charge on any atom is 0.326 e. The summed E-state index contributed by atoms with van der Waals surface area (Å²) in [5, 5.41) is 9.28. The van der Waals surface area contributed by atoms with Crippen LogP contribution in [0.15, 0.2) is 70.2 Å². The van der Waals surface area contributed by atoms with Crippen LogP contribution in [0.4, 0.5) is 10.5 Å². The van der Waals surface area contributed by atoms with Gasteiger partial charge in [-0.1, -0.05) is 35.0 Å². The number of nitrogens with one attached hydrogen (secondary N) is 1. The number of methoxy groups -OCH3 is 2. The van der Waals surface area contributed by atoms with Crippen molar-refractivity contribution in [2.45, 2.75) is 19.9 Å². The number of aromatic nitrogens is 2. The summed E-state index contributed by atoms with van der Waals surface area (Å²) in [6.45, 7) is 3.89. The molecule has 2 amide bonds. The summed E-state index contributed by atoms with van der Waals surface area (Å²) in [7, 11) is 3.16. The Labute approximate surface area is 206 Å². The van der Waals surface area contributed by atoms with Crippen molar-refractivity contribution in [1.82, 2.24) is 15.5 Å². The summed E-state index contributed by atoms with van der Waals surface area (Å²) in [5.74, 6) is 1.99. The van der Waals surface area contributed by atoms with E-state index in [-0.39, 0.29) is 6.03 Å². The topological polar surface area (TPSA) is 89.7 Å². The molecule has 178 valence electrons. The molecule has 0 radical (unpaired) electrons. The van der Waals surface area contributed by atoms with Crippen molar-refractivity contribution in [3.05, 3.63) is 82.7 Å². The molecule has 9 heteroatoms. The number of hydrogen-bond donors (Lipinski definition) is 1. The molecule has 1 N–H and O–H groups in total. The van der Waals surface area contributed by atoms with E-state index in [4.69, 9.17) is 14.0 Å². The molecule has 0 bridgehead atoms. The highest BCUT2D eigenvalue weighted by atomic mass is 32.1. The zero-order valence-corrected chi connectivity index (χ0v) is 20.6.